The summed E-state index contributed by atoms with van der Waals surface area (Å²) in [6, 6.07) is 3.15. The SMILES string of the molecule is N#C[C@H]1N[C@@H]2CC[C@H]1C2. The molecule has 2 nitrogen and oxygen atoms in total. The van der Waals surface area contributed by atoms with Crippen molar-refractivity contribution >= 4 is 0 Å². The van der Waals surface area contributed by atoms with E-state index in [2.05, 4.69) is 11.4 Å². The Morgan fingerprint density at radius 2 is 2.33 bits per heavy atom. The van der Waals surface area contributed by atoms with Gasteiger partial charge in [-0.25, -0.2) is 0 Å². The van der Waals surface area contributed by atoms with Crippen molar-refractivity contribution in [3.05, 3.63) is 0 Å². The molecule has 1 saturated heterocycles. The minimum atomic E-state index is 0.184. The predicted octanol–water partition coefficient (Wildman–Crippen LogP) is 0.650. The highest BCUT2D eigenvalue weighted by Crippen LogP contribution is 2.34. The highest BCUT2D eigenvalue weighted by Gasteiger charge is 2.38. The highest BCUT2D eigenvalue weighted by molar-refractivity contribution is 5.06. The summed E-state index contributed by atoms with van der Waals surface area (Å²) in [7, 11) is 0. The van der Waals surface area contributed by atoms with E-state index in [0.29, 0.717) is 12.0 Å². The second kappa shape index (κ2) is 1.71. The van der Waals surface area contributed by atoms with Crippen molar-refractivity contribution in [3.8, 4) is 6.07 Å². The van der Waals surface area contributed by atoms with Crippen molar-refractivity contribution in [2.45, 2.75) is 31.3 Å². The summed E-state index contributed by atoms with van der Waals surface area (Å²) in [6.45, 7) is 0. The molecule has 1 N–H and O–H groups in total. The lowest BCUT2D eigenvalue weighted by molar-refractivity contribution is 0.443. The molecule has 2 rings (SSSR count). The van der Waals surface area contributed by atoms with Gasteiger partial charge in [-0.05, 0) is 25.2 Å². The molecule has 0 aromatic rings. The monoisotopic (exact) mass is 122 g/mol. The molecule has 0 aromatic heterocycles. The standard InChI is InChI=1S/C7H10N2/c8-4-7-5-1-2-6(3-5)9-7/h5-7,9H,1-3H2/t5-,6+,7+/m0/s1. The second-order valence-corrected chi connectivity index (χ2v) is 3.04. The van der Waals surface area contributed by atoms with Crippen molar-refractivity contribution in [2.24, 2.45) is 5.92 Å². The van der Waals surface area contributed by atoms with Gasteiger partial charge in [0.2, 0.25) is 0 Å². The minimum absolute atomic E-state index is 0.184. The van der Waals surface area contributed by atoms with Gasteiger partial charge in [0, 0.05) is 6.04 Å². The molecule has 9 heavy (non-hydrogen) atoms. The van der Waals surface area contributed by atoms with E-state index in [1.165, 1.54) is 19.3 Å². The second-order valence-electron chi connectivity index (χ2n) is 3.04. The molecule has 1 aliphatic carbocycles. The first-order chi connectivity index (χ1) is 4.40. The van der Waals surface area contributed by atoms with Gasteiger partial charge in [0.15, 0.2) is 0 Å². The van der Waals surface area contributed by atoms with Crippen LogP contribution in [0.3, 0.4) is 0 Å². The normalized spacial score (nSPS) is 47.2. The molecule has 3 atom stereocenters. The molecule has 0 amide bonds. The van der Waals surface area contributed by atoms with E-state index >= 15 is 0 Å². The third kappa shape index (κ3) is 0.650. The van der Waals surface area contributed by atoms with Gasteiger partial charge < -0.3 is 0 Å². The van der Waals surface area contributed by atoms with Gasteiger partial charge in [-0.1, -0.05) is 0 Å². The van der Waals surface area contributed by atoms with Gasteiger partial charge in [-0.15, -0.1) is 0 Å². The van der Waals surface area contributed by atoms with Crippen LogP contribution in [0.4, 0.5) is 0 Å². The van der Waals surface area contributed by atoms with E-state index in [-0.39, 0.29) is 6.04 Å². The lowest BCUT2D eigenvalue weighted by atomic mass is 10.0. The number of hydrogen-bond donors (Lipinski definition) is 1. The molecule has 2 bridgehead atoms. The van der Waals surface area contributed by atoms with Gasteiger partial charge in [-0.2, -0.15) is 5.26 Å². The summed E-state index contributed by atoms with van der Waals surface area (Å²) in [5.41, 5.74) is 0. The van der Waals surface area contributed by atoms with Crippen LogP contribution in [-0.4, -0.2) is 12.1 Å². The number of rotatable bonds is 0. The molecular weight excluding hydrogens is 112 g/mol. The molecule has 0 spiro atoms. The predicted molar refractivity (Wildman–Crippen MR) is 33.7 cm³/mol. The maximum Gasteiger partial charge on any atom is 0.0984 e. The first-order valence-corrected chi connectivity index (χ1v) is 3.56. The van der Waals surface area contributed by atoms with Crippen LogP contribution < -0.4 is 5.32 Å². The molecule has 1 saturated carbocycles. The molecule has 2 aliphatic rings. The molecule has 48 valence electrons. The Bertz CT molecular complexity index is 159. The van der Waals surface area contributed by atoms with E-state index in [9.17, 15) is 0 Å². The lowest BCUT2D eigenvalue weighted by Gasteiger charge is -2.15. The van der Waals surface area contributed by atoms with Crippen LogP contribution in [-0.2, 0) is 0 Å². The van der Waals surface area contributed by atoms with E-state index in [1.54, 1.807) is 0 Å². The maximum absolute atomic E-state index is 8.58. The zero-order chi connectivity index (χ0) is 6.27. The molecule has 0 radical (unpaired) electrons. The van der Waals surface area contributed by atoms with E-state index in [1.807, 2.05) is 0 Å². The third-order valence-electron chi connectivity index (χ3n) is 2.50. The molecule has 2 fully saturated rings. The van der Waals surface area contributed by atoms with Crippen molar-refractivity contribution in [3.63, 3.8) is 0 Å². The van der Waals surface area contributed by atoms with Crippen LogP contribution in [0.2, 0.25) is 0 Å². The van der Waals surface area contributed by atoms with Crippen LogP contribution in [0.5, 0.6) is 0 Å². The molecule has 0 aromatic carbocycles. The fourth-order valence-electron chi connectivity index (χ4n) is 2.00. The largest absolute Gasteiger partial charge is 0.299 e. The maximum atomic E-state index is 8.58. The first kappa shape index (κ1) is 5.25. The fourth-order valence-corrected chi connectivity index (χ4v) is 2.00. The minimum Gasteiger partial charge on any atom is -0.299 e. The molecule has 2 heteroatoms. The average molecular weight is 122 g/mol. The van der Waals surface area contributed by atoms with Crippen molar-refractivity contribution < 1.29 is 0 Å². The fraction of sp³-hybridized carbons (Fsp3) is 0.857. The molecule has 1 heterocycles. The quantitative estimate of drug-likeness (QED) is 0.512. The van der Waals surface area contributed by atoms with Gasteiger partial charge in [0.05, 0.1) is 12.1 Å². The third-order valence-corrected chi connectivity index (χ3v) is 2.50. The molecular formula is C7H10N2. The smallest absolute Gasteiger partial charge is 0.0984 e. The zero-order valence-corrected chi connectivity index (χ0v) is 5.30. The Kier molecular flexibility index (Phi) is 1.000. The number of nitrogens with one attached hydrogen (secondary N) is 1. The summed E-state index contributed by atoms with van der Waals surface area (Å²) in [5, 5.41) is 11.9. The topological polar surface area (TPSA) is 35.8 Å². The van der Waals surface area contributed by atoms with E-state index in [4.69, 9.17) is 5.26 Å². The zero-order valence-electron chi connectivity index (χ0n) is 5.30. The van der Waals surface area contributed by atoms with Crippen LogP contribution >= 0.6 is 0 Å². The number of nitrogens with zero attached hydrogens (tertiary/aromatic N) is 1. The van der Waals surface area contributed by atoms with Gasteiger partial charge in [0.1, 0.15) is 0 Å². The van der Waals surface area contributed by atoms with Crippen molar-refractivity contribution in [1.29, 1.82) is 5.26 Å². The Morgan fingerprint density at radius 1 is 1.44 bits per heavy atom. The lowest BCUT2D eigenvalue weighted by Crippen LogP contribution is -2.33. The van der Waals surface area contributed by atoms with Gasteiger partial charge >= 0.3 is 0 Å². The van der Waals surface area contributed by atoms with E-state index in [0.717, 1.165) is 0 Å². The first-order valence-electron chi connectivity index (χ1n) is 3.56. The Labute approximate surface area is 54.9 Å². The summed E-state index contributed by atoms with van der Waals surface area (Å²) < 4.78 is 0. The average Bonchev–Trinajstić information content (AvgIpc) is 2.45. The Balaban J connectivity index is 2.12. The number of fused-ring (bicyclic) bond motifs is 2. The number of nitriles is 1. The molecule has 0 unspecified atom stereocenters. The van der Waals surface area contributed by atoms with Crippen LogP contribution in [0.15, 0.2) is 0 Å². The van der Waals surface area contributed by atoms with Crippen LogP contribution in [0.1, 0.15) is 19.3 Å². The number of hydrogen-bond acceptors (Lipinski definition) is 2. The summed E-state index contributed by atoms with van der Waals surface area (Å²) in [5.74, 6) is 0.681. The Morgan fingerprint density at radius 3 is 2.67 bits per heavy atom. The van der Waals surface area contributed by atoms with Crippen LogP contribution in [0.25, 0.3) is 0 Å². The highest BCUT2D eigenvalue weighted by atomic mass is 15.0. The molecule has 1 aliphatic heterocycles. The summed E-state index contributed by atoms with van der Waals surface area (Å²) in [4.78, 5) is 0. The van der Waals surface area contributed by atoms with Crippen molar-refractivity contribution in [2.75, 3.05) is 0 Å². The van der Waals surface area contributed by atoms with E-state index < -0.39 is 0 Å². The van der Waals surface area contributed by atoms with Gasteiger partial charge in [0.25, 0.3) is 0 Å². The van der Waals surface area contributed by atoms with Gasteiger partial charge in [-0.3, -0.25) is 5.32 Å². The van der Waals surface area contributed by atoms with Crippen molar-refractivity contribution in [1.82, 2.24) is 5.32 Å². The summed E-state index contributed by atoms with van der Waals surface area (Å²) in [6.07, 6.45) is 3.82. The summed E-state index contributed by atoms with van der Waals surface area (Å²) >= 11 is 0. The Hall–Kier alpha value is -0.550. The number of piperidine rings is 1. The van der Waals surface area contributed by atoms with Crippen LogP contribution in [0, 0.1) is 17.2 Å².